The van der Waals surface area contributed by atoms with Crippen LogP contribution in [-0.2, 0) is 15.3 Å². The molecule has 0 spiro atoms. The number of carbonyl (C=O) groups is 1. The van der Waals surface area contributed by atoms with Crippen molar-refractivity contribution < 1.29 is 22.2 Å². The van der Waals surface area contributed by atoms with Crippen molar-refractivity contribution in [1.82, 2.24) is 0 Å². The zero-order valence-electron chi connectivity index (χ0n) is 16.1. The number of nitrogens with one attached hydrogen (secondary N) is 1. The summed E-state index contributed by atoms with van der Waals surface area (Å²) in [5.74, 6) is 0.193. The number of benzene rings is 3. The summed E-state index contributed by atoms with van der Waals surface area (Å²) in [7, 11) is -1.86. The Balaban J connectivity index is 1.96. The maximum Gasteiger partial charge on any atom is 0.277 e. The van der Waals surface area contributed by atoms with Crippen molar-refractivity contribution in [1.29, 1.82) is 0 Å². The SMILES string of the molecule is CN(O[SH](=O)=O)c1ccc(Oc2ccc(Cl)cc2)cc1C(=O)Nc1cc(Cl)c(Cl)c(Cl)c1. The van der Waals surface area contributed by atoms with Crippen LogP contribution in [-0.4, -0.2) is 21.4 Å². The molecule has 0 aliphatic rings. The summed E-state index contributed by atoms with van der Waals surface area (Å²) >= 11 is 23.9. The minimum Gasteiger partial charge on any atom is -0.457 e. The van der Waals surface area contributed by atoms with E-state index < -0.39 is 16.9 Å². The number of rotatable bonds is 7. The first-order valence-electron chi connectivity index (χ1n) is 8.73. The summed E-state index contributed by atoms with van der Waals surface area (Å²) in [5, 5.41) is 4.57. The molecule has 0 unspecified atom stereocenters. The van der Waals surface area contributed by atoms with E-state index in [2.05, 4.69) is 5.32 Å². The molecule has 0 atom stereocenters. The fourth-order valence-corrected chi connectivity index (χ4v) is 3.65. The summed E-state index contributed by atoms with van der Waals surface area (Å²) < 4.78 is 32.4. The van der Waals surface area contributed by atoms with Crippen LogP contribution >= 0.6 is 46.4 Å². The van der Waals surface area contributed by atoms with Crippen molar-refractivity contribution in [2.45, 2.75) is 0 Å². The number of thiol groups is 1. The van der Waals surface area contributed by atoms with Crippen LogP contribution in [0.4, 0.5) is 11.4 Å². The highest BCUT2D eigenvalue weighted by atomic mass is 35.5. The average Bonchev–Trinajstić information content (AvgIpc) is 2.73. The van der Waals surface area contributed by atoms with Gasteiger partial charge in [0.25, 0.3) is 16.9 Å². The Morgan fingerprint density at radius 3 is 2.09 bits per heavy atom. The number of carbonyl (C=O) groups excluding carboxylic acids is 1. The molecule has 0 bridgehead atoms. The Kier molecular flexibility index (Phi) is 8.10. The zero-order chi connectivity index (χ0) is 23.4. The summed E-state index contributed by atoms with van der Waals surface area (Å²) in [4.78, 5) is 13.0. The van der Waals surface area contributed by atoms with E-state index in [1.54, 1.807) is 30.3 Å². The first-order chi connectivity index (χ1) is 15.1. The number of amides is 1. The van der Waals surface area contributed by atoms with Crippen molar-refractivity contribution in [3.63, 3.8) is 0 Å². The van der Waals surface area contributed by atoms with E-state index in [0.717, 1.165) is 5.06 Å². The first kappa shape index (κ1) is 24.4. The van der Waals surface area contributed by atoms with Crippen LogP contribution in [0.1, 0.15) is 10.4 Å². The fourth-order valence-electron chi connectivity index (χ4n) is 2.64. The summed E-state index contributed by atoms with van der Waals surface area (Å²) in [6.07, 6.45) is 0. The van der Waals surface area contributed by atoms with Gasteiger partial charge in [0.05, 0.1) is 26.3 Å². The third kappa shape index (κ3) is 6.19. The molecule has 0 aliphatic carbocycles. The highest BCUT2D eigenvalue weighted by molar-refractivity contribution is 7.67. The van der Waals surface area contributed by atoms with E-state index in [0.29, 0.717) is 16.5 Å². The number of anilines is 2. The molecule has 3 aromatic rings. The third-order valence-electron chi connectivity index (χ3n) is 4.03. The Hall–Kier alpha value is -2.20. The normalized spacial score (nSPS) is 10.8. The Morgan fingerprint density at radius 2 is 1.50 bits per heavy atom. The van der Waals surface area contributed by atoms with E-state index in [-0.39, 0.29) is 32.0 Å². The van der Waals surface area contributed by atoms with Gasteiger partial charge in [0.1, 0.15) is 11.5 Å². The molecular formula is C20H14Cl4N2O5S. The van der Waals surface area contributed by atoms with E-state index in [1.165, 1.54) is 31.3 Å². The van der Waals surface area contributed by atoms with Crippen molar-refractivity contribution >= 4 is 74.7 Å². The molecule has 0 saturated carbocycles. The van der Waals surface area contributed by atoms with Crippen LogP contribution in [0.2, 0.25) is 20.1 Å². The van der Waals surface area contributed by atoms with E-state index in [1.807, 2.05) is 0 Å². The number of nitrogens with zero attached hydrogens (tertiary/aromatic N) is 1. The maximum absolute atomic E-state index is 13.0. The lowest BCUT2D eigenvalue weighted by molar-refractivity contribution is 0.102. The first-order valence-corrected chi connectivity index (χ1v) is 11.3. The lowest BCUT2D eigenvalue weighted by atomic mass is 10.1. The number of ether oxygens (including phenoxy) is 1. The molecule has 0 heterocycles. The minimum absolute atomic E-state index is 0.0537. The topological polar surface area (TPSA) is 84.9 Å². The summed E-state index contributed by atoms with van der Waals surface area (Å²) in [6.45, 7) is 0. The van der Waals surface area contributed by atoms with Gasteiger partial charge in [0, 0.05) is 17.8 Å². The van der Waals surface area contributed by atoms with E-state index in [9.17, 15) is 13.2 Å². The molecule has 0 radical (unpaired) electrons. The predicted octanol–water partition coefficient (Wildman–Crippen LogP) is 6.24. The van der Waals surface area contributed by atoms with E-state index in [4.69, 9.17) is 55.4 Å². The van der Waals surface area contributed by atoms with Gasteiger partial charge >= 0.3 is 0 Å². The number of hydrogen-bond donors (Lipinski definition) is 2. The molecule has 0 aromatic heterocycles. The molecule has 0 fully saturated rings. The van der Waals surface area contributed by atoms with Crippen molar-refractivity contribution in [2.75, 3.05) is 17.4 Å². The van der Waals surface area contributed by atoms with Gasteiger partial charge in [-0.2, -0.15) is 4.28 Å². The molecular weight excluding hydrogens is 522 g/mol. The van der Waals surface area contributed by atoms with Gasteiger partial charge in [-0.3, -0.25) is 4.79 Å². The third-order valence-corrected chi connectivity index (χ3v) is 5.86. The highest BCUT2D eigenvalue weighted by Crippen LogP contribution is 2.34. The van der Waals surface area contributed by atoms with Crippen molar-refractivity contribution in [3.8, 4) is 11.5 Å². The lowest BCUT2D eigenvalue weighted by Crippen LogP contribution is -2.22. The lowest BCUT2D eigenvalue weighted by Gasteiger charge is -2.19. The van der Waals surface area contributed by atoms with Crippen LogP contribution in [0, 0.1) is 0 Å². The minimum atomic E-state index is -3.21. The molecule has 3 aromatic carbocycles. The fraction of sp³-hybridized carbons (Fsp3) is 0.0500. The molecule has 168 valence electrons. The number of hydrogen-bond acceptors (Lipinski definition) is 6. The van der Waals surface area contributed by atoms with Crippen molar-refractivity contribution in [3.05, 3.63) is 80.3 Å². The van der Waals surface area contributed by atoms with Gasteiger partial charge in [-0.05, 0) is 54.6 Å². The number of halogens is 4. The second-order valence-corrected chi connectivity index (χ2v) is 8.48. The van der Waals surface area contributed by atoms with Crippen molar-refractivity contribution in [2.24, 2.45) is 0 Å². The van der Waals surface area contributed by atoms with E-state index >= 15 is 0 Å². The molecule has 0 saturated heterocycles. The second kappa shape index (κ2) is 10.6. The van der Waals surface area contributed by atoms with Crippen LogP contribution < -0.4 is 15.1 Å². The maximum atomic E-state index is 13.0. The summed E-state index contributed by atoms with van der Waals surface area (Å²) in [5.41, 5.74) is 0.497. The second-order valence-electron chi connectivity index (χ2n) is 6.25. The van der Waals surface area contributed by atoms with Crippen LogP contribution in [0.15, 0.2) is 54.6 Å². The molecule has 12 heteroatoms. The van der Waals surface area contributed by atoms with Gasteiger partial charge in [0.2, 0.25) is 0 Å². The predicted molar refractivity (Wildman–Crippen MR) is 127 cm³/mol. The Labute approximate surface area is 205 Å². The smallest absolute Gasteiger partial charge is 0.277 e. The number of hydroxylamine groups is 1. The Morgan fingerprint density at radius 1 is 0.906 bits per heavy atom. The van der Waals surface area contributed by atoms with Crippen LogP contribution in [0.5, 0.6) is 11.5 Å². The van der Waals surface area contributed by atoms with Gasteiger partial charge in [-0.25, -0.2) is 13.5 Å². The highest BCUT2D eigenvalue weighted by Gasteiger charge is 2.19. The molecule has 3 rings (SSSR count). The molecule has 0 aliphatic heterocycles. The van der Waals surface area contributed by atoms with Gasteiger partial charge in [0.15, 0.2) is 0 Å². The molecule has 7 nitrogen and oxygen atoms in total. The molecule has 1 amide bonds. The quantitative estimate of drug-likeness (QED) is 0.211. The van der Waals surface area contributed by atoms with Gasteiger partial charge < -0.3 is 10.1 Å². The summed E-state index contributed by atoms with van der Waals surface area (Å²) in [6, 6.07) is 13.9. The van der Waals surface area contributed by atoms with Gasteiger partial charge in [-0.15, -0.1) is 0 Å². The zero-order valence-corrected chi connectivity index (χ0v) is 20.1. The van der Waals surface area contributed by atoms with Gasteiger partial charge in [-0.1, -0.05) is 46.4 Å². The monoisotopic (exact) mass is 534 g/mol. The Bertz CT molecular complexity index is 1200. The largest absolute Gasteiger partial charge is 0.457 e. The van der Waals surface area contributed by atoms with Crippen LogP contribution in [0.3, 0.4) is 0 Å². The van der Waals surface area contributed by atoms with Crippen LogP contribution in [0.25, 0.3) is 0 Å². The average molecular weight is 536 g/mol. The molecule has 1 N–H and O–H groups in total. The standard InChI is InChI=1S/C20H14Cl4N2O5S/c1-26(31-32(28)29)18-7-6-14(30-13-4-2-11(21)3-5-13)10-15(18)20(27)25-12-8-16(22)19(24)17(23)9-12/h2-10,32H,1H3,(H,25,27). The molecule has 32 heavy (non-hydrogen) atoms.